The number of amides is 1. The van der Waals surface area contributed by atoms with Crippen molar-refractivity contribution >= 4 is 44.3 Å². The normalized spacial score (nSPS) is 11.2. The highest BCUT2D eigenvalue weighted by atomic mass is 32.1. The first-order valence-electron chi connectivity index (χ1n) is 12.0. The predicted molar refractivity (Wildman–Crippen MR) is 146 cm³/mol. The molecule has 186 valence electrons. The van der Waals surface area contributed by atoms with E-state index < -0.39 is 5.97 Å². The second-order valence-corrected chi connectivity index (χ2v) is 9.79. The van der Waals surface area contributed by atoms with Crippen LogP contribution in [0, 0.1) is 0 Å². The number of fused-ring (bicyclic) bond motifs is 2. The number of nitrogens with one attached hydrogen (secondary N) is 1. The zero-order chi connectivity index (χ0) is 26.1. The van der Waals surface area contributed by atoms with Crippen molar-refractivity contribution in [2.45, 2.75) is 13.0 Å². The van der Waals surface area contributed by atoms with Crippen LogP contribution in [0.4, 0.5) is 0 Å². The Labute approximate surface area is 221 Å². The first-order valence-corrected chi connectivity index (χ1v) is 12.7. The smallest absolute Gasteiger partial charge is 0.335 e. The standard InChI is InChI=1S/C30H21N3O4S/c34-29(31-15-18-5-9-21(10-6-18)30(35)36)25-13-23(24-16-32-37-17-24)14-27-28(25)26(33-38-27)12-19-7-8-20-3-1-2-4-22(20)11-19/h1-11,13-14,16-17H,12,15H2,(H,31,34)(H,35,36). The Morgan fingerprint density at radius 1 is 0.895 bits per heavy atom. The molecule has 0 aliphatic carbocycles. The fraction of sp³-hybridized carbons (Fsp3) is 0.0667. The Kier molecular flexibility index (Phi) is 6.15. The summed E-state index contributed by atoms with van der Waals surface area (Å²) in [5.74, 6) is -1.23. The van der Waals surface area contributed by atoms with Crippen molar-refractivity contribution in [1.82, 2.24) is 14.8 Å². The van der Waals surface area contributed by atoms with Crippen LogP contribution in [0.15, 0.2) is 95.8 Å². The zero-order valence-corrected chi connectivity index (χ0v) is 20.9. The second kappa shape index (κ2) is 9.91. The van der Waals surface area contributed by atoms with Gasteiger partial charge in [-0.2, -0.15) is 4.37 Å². The Balaban J connectivity index is 1.35. The summed E-state index contributed by atoms with van der Waals surface area (Å²) in [6.45, 7) is 0.259. The van der Waals surface area contributed by atoms with Crippen LogP contribution in [-0.4, -0.2) is 26.5 Å². The van der Waals surface area contributed by atoms with E-state index in [4.69, 9.17) is 14.0 Å². The quantitative estimate of drug-likeness (QED) is 0.256. The van der Waals surface area contributed by atoms with Gasteiger partial charge in [0.05, 0.1) is 27.7 Å². The Hall–Kier alpha value is -4.82. The van der Waals surface area contributed by atoms with E-state index in [0.717, 1.165) is 43.4 Å². The maximum Gasteiger partial charge on any atom is 0.335 e. The zero-order valence-electron chi connectivity index (χ0n) is 20.0. The molecule has 2 aromatic heterocycles. The summed E-state index contributed by atoms with van der Waals surface area (Å²) in [5.41, 5.74) is 5.06. The van der Waals surface area contributed by atoms with Gasteiger partial charge in [-0.1, -0.05) is 59.8 Å². The highest BCUT2D eigenvalue weighted by Crippen LogP contribution is 2.34. The van der Waals surface area contributed by atoms with Crippen molar-refractivity contribution in [1.29, 1.82) is 0 Å². The first kappa shape index (κ1) is 23.6. The van der Waals surface area contributed by atoms with Crippen LogP contribution in [-0.2, 0) is 13.0 Å². The van der Waals surface area contributed by atoms with Crippen LogP contribution >= 0.6 is 11.5 Å². The monoisotopic (exact) mass is 519 g/mol. The lowest BCUT2D eigenvalue weighted by Gasteiger charge is -2.10. The molecule has 0 spiro atoms. The molecule has 0 aliphatic heterocycles. The van der Waals surface area contributed by atoms with Crippen molar-refractivity contribution in [3.05, 3.63) is 119 Å². The van der Waals surface area contributed by atoms with Crippen LogP contribution < -0.4 is 5.32 Å². The van der Waals surface area contributed by atoms with Gasteiger partial charge in [0.2, 0.25) is 0 Å². The molecule has 2 N–H and O–H groups in total. The van der Waals surface area contributed by atoms with E-state index in [1.165, 1.54) is 29.1 Å². The van der Waals surface area contributed by atoms with Gasteiger partial charge in [-0.05, 0) is 63.3 Å². The van der Waals surface area contributed by atoms with Crippen molar-refractivity contribution in [3.63, 3.8) is 0 Å². The Bertz CT molecular complexity index is 1790. The average molecular weight is 520 g/mol. The second-order valence-electron chi connectivity index (χ2n) is 8.98. The number of rotatable bonds is 7. The van der Waals surface area contributed by atoms with E-state index >= 15 is 0 Å². The molecule has 0 saturated heterocycles. The molecule has 38 heavy (non-hydrogen) atoms. The van der Waals surface area contributed by atoms with Crippen LogP contribution in [0.5, 0.6) is 0 Å². The number of carboxylic acid groups (broad SMARTS) is 1. The molecule has 6 aromatic rings. The largest absolute Gasteiger partial charge is 0.478 e. The van der Waals surface area contributed by atoms with E-state index in [-0.39, 0.29) is 18.0 Å². The molecular weight excluding hydrogens is 498 g/mol. The molecule has 8 heteroatoms. The topological polar surface area (TPSA) is 105 Å². The van der Waals surface area contributed by atoms with Crippen molar-refractivity contribution in [2.24, 2.45) is 0 Å². The lowest BCUT2D eigenvalue weighted by atomic mass is 9.97. The lowest BCUT2D eigenvalue weighted by Crippen LogP contribution is -2.23. The predicted octanol–water partition coefficient (Wildman–Crippen LogP) is 6.32. The third kappa shape index (κ3) is 4.65. The van der Waals surface area contributed by atoms with Gasteiger partial charge in [0.15, 0.2) is 0 Å². The Morgan fingerprint density at radius 3 is 2.45 bits per heavy atom. The summed E-state index contributed by atoms with van der Waals surface area (Å²) < 4.78 is 10.7. The maximum atomic E-state index is 13.5. The van der Waals surface area contributed by atoms with Gasteiger partial charge in [0.1, 0.15) is 6.26 Å². The van der Waals surface area contributed by atoms with E-state index in [0.29, 0.717) is 12.0 Å². The SMILES string of the molecule is O=C(O)c1ccc(CNC(=O)c2cc(-c3cnoc3)cc3snc(Cc4ccc5ccccc5c4)c23)cc1. The molecule has 0 aliphatic rings. The molecule has 6 rings (SSSR count). The Morgan fingerprint density at radius 2 is 1.68 bits per heavy atom. The summed E-state index contributed by atoms with van der Waals surface area (Å²) in [5, 5.41) is 19.1. The minimum absolute atomic E-state index is 0.200. The van der Waals surface area contributed by atoms with Crippen molar-refractivity contribution in [3.8, 4) is 11.1 Å². The van der Waals surface area contributed by atoms with Crippen LogP contribution in [0.25, 0.3) is 32.0 Å². The number of carboxylic acids is 1. The van der Waals surface area contributed by atoms with E-state index in [2.05, 4.69) is 40.8 Å². The summed E-state index contributed by atoms with van der Waals surface area (Å²) in [6, 6.07) is 24.9. The molecule has 0 unspecified atom stereocenters. The van der Waals surface area contributed by atoms with Gasteiger partial charge in [0.25, 0.3) is 5.91 Å². The molecule has 0 atom stereocenters. The van der Waals surface area contributed by atoms with E-state index in [9.17, 15) is 9.59 Å². The number of hydrogen-bond donors (Lipinski definition) is 2. The molecular formula is C30H21N3O4S. The number of aromatic nitrogens is 2. The molecule has 0 radical (unpaired) electrons. The van der Waals surface area contributed by atoms with Gasteiger partial charge in [-0.25, -0.2) is 4.79 Å². The van der Waals surface area contributed by atoms with Gasteiger partial charge >= 0.3 is 5.97 Å². The third-order valence-electron chi connectivity index (χ3n) is 6.49. The van der Waals surface area contributed by atoms with Crippen molar-refractivity contribution in [2.75, 3.05) is 0 Å². The molecule has 7 nitrogen and oxygen atoms in total. The highest BCUT2D eigenvalue weighted by molar-refractivity contribution is 7.13. The maximum absolute atomic E-state index is 13.5. The number of carbonyl (C=O) groups excluding carboxylic acids is 1. The lowest BCUT2D eigenvalue weighted by molar-refractivity contribution is 0.0696. The number of carbonyl (C=O) groups is 2. The summed E-state index contributed by atoms with van der Waals surface area (Å²) in [4.78, 5) is 24.7. The summed E-state index contributed by atoms with van der Waals surface area (Å²) >= 11 is 1.36. The molecule has 4 aromatic carbocycles. The fourth-order valence-corrected chi connectivity index (χ4v) is 5.40. The van der Waals surface area contributed by atoms with Crippen LogP contribution in [0.1, 0.15) is 37.5 Å². The molecule has 1 amide bonds. The molecule has 2 heterocycles. The molecule has 0 bridgehead atoms. The number of nitrogens with zero attached hydrogens (tertiary/aromatic N) is 2. The van der Waals surface area contributed by atoms with E-state index in [1.54, 1.807) is 24.6 Å². The van der Waals surface area contributed by atoms with E-state index in [1.807, 2.05) is 24.3 Å². The number of benzene rings is 4. The third-order valence-corrected chi connectivity index (χ3v) is 7.32. The van der Waals surface area contributed by atoms with Crippen molar-refractivity contribution < 1.29 is 19.2 Å². The fourth-order valence-electron chi connectivity index (χ4n) is 4.53. The van der Waals surface area contributed by atoms with Crippen LogP contribution in [0.2, 0.25) is 0 Å². The van der Waals surface area contributed by atoms with Gasteiger partial charge < -0.3 is 14.9 Å². The number of aromatic carboxylic acids is 1. The molecule has 0 fully saturated rings. The number of hydrogen-bond acceptors (Lipinski definition) is 6. The minimum atomic E-state index is -0.988. The molecule has 0 saturated carbocycles. The average Bonchev–Trinajstić information content (AvgIpc) is 3.62. The van der Waals surface area contributed by atoms with Gasteiger partial charge in [-0.3, -0.25) is 4.79 Å². The minimum Gasteiger partial charge on any atom is -0.478 e. The summed E-state index contributed by atoms with van der Waals surface area (Å²) in [7, 11) is 0. The van der Waals surface area contributed by atoms with Gasteiger partial charge in [0, 0.05) is 23.9 Å². The summed E-state index contributed by atoms with van der Waals surface area (Å²) in [6.07, 6.45) is 3.75. The van der Waals surface area contributed by atoms with Crippen LogP contribution in [0.3, 0.4) is 0 Å². The highest BCUT2D eigenvalue weighted by Gasteiger charge is 2.19. The first-order chi connectivity index (χ1) is 18.5. The van der Waals surface area contributed by atoms with Gasteiger partial charge in [-0.15, -0.1) is 0 Å².